The van der Waals surface area contributed by atoms with Gasteiger partial charge < -0.3 is 4.90 Å². The van der Waals surface area contributed by atoms with Gasteiger partial charge in [0.15, 0.2) is 0 Å². The van der Waals surface area contributed by atoms with E-state index in [2.05, 4.69) is 4.98 Å². The number of halogens is 2. The Morgan fingerprint density at radius 2 is 1.77 bits per heavy atom. The lowest BCUT2D eigenvalue weighted by Gasteiger charge is -2.19. The highest BCUT2D eigenvalue weighted by atomic mass is 35.5. The molecule has 3 aromatic rings. The zero-order valence-electron chi connectivity index (χ0n) is 14.3. The van der Waals surface area contributed by atoms with Crippen LogP contribution in [0.1, 0.15) is 33.5 Å². The molecule has 6 heteroatoms. The molecule has 1 amide bonds. The smallest absolute Gasteiger partial charge is 0.273 e. The maximum absolute atomic E-state index is 12.8. The molecule has 134 valence electrons. The first kappa shape index (κ1) is 18.9. The Balaban J connectivity index is 1.74. The van der Waals surface area contributed by atoms with E-state index in [0.29, 0.717) is 35.2 Å². The van der Waals surface area contributed by atoms with Gasteiger partial charge in [0, 0.05) is 34.9 Å². The molecule has 26 heavy (non-hydrogen) atoms. The van der Waals surface area contributed by atoms with Gasteiger partial charge in [-0.1, -0.05) is 59.6 Å². The third-order valence-corrected chi connectivity index (χ3v) is 5.60. The largest absolute Gasteiger partial charge is 0.333 e. The number of carbonyl (C=O) groups is 1. The summed E-state index contributed by atoms with van der Waals surface area (Å²) in [6.07, 6.45) is 0.515. The van der Waals surface area contributed by atoms with Crippen LogP contribution in [0.3, 0.4) is 0 Å². The van der Waals surface area contributed by atoms with Crippen molar-refractivity contribution < 1.29 is 4.79 Å². The predicted molar refractivity (Wildman–Crippen MR) is 108 cm³/mol. The van der Waals surface area contributed by atoms with Gasteiger partial charge in [0.05, 0.1) is 5.01 Å². The van der Waals surface area contributed by atoms with Crippen LogP contribution < -0.4 is 0 Å². The number of carbonyl (C=O) groups excluding carboxylic acids is 1. The SMILES string of the molecule is CCN(Cc1ccccc1)C(=O)c1csc(Cc2c(Cl)cccc2Cl)n1. The fourth-order valence-corrected chi connectivity index (χ4v) is 3.95. The molecular formula is C20H18Cl2N2OS. The van der Waals surface area contributed by atoms with Crippen LogP contribution in [0, 0.1) is 0 Å². The summed E-state index contributed by atoms with van der Waals surface area (Å²) < 4.78 is 0. The summed E-state index contributed by atoms with van der Waals surface area (Å²) in [5.41, 5.74) is 2.40. The molecule has 1 aromatic heterocycles. The average Bonchev–Trinajstić information content (AvgIpc) is 3.12. The van der Waals surface area contributed by atoms with Crippen LogP contribution in [0.4, 0.5) is 0 Å². The highest BCUT2D eigenvalue weighted by molar-refractivity contribution is 7.09. The van der Waals surface area contributed by atoms with Gasteiger partial charge in [-0.2, -0.15) is 0 Å². The number of amides is 1. The van der Waals surface area contributed by atoms with E-state index in [1.165, 1.54) is 11.3 Å². The van der Waals surface area contributed by atoms with Crippen molar-refractivity contribution in [1.29, 1.82) is 0 Å². The van der Waals surface area contributed by atoms with Gasteiger partial charge in [0.25, 0.3) is 5.91 Å². The summed E-state index contributed by atoms with van der Waals surface area (Å²) >= 11 is 13.9. The predicted octanol–water partition coefficient (Wildman–Crippen LogP) is 5.70. The van der Waals surface area contributed by atoms with Crippen molar-refractivity contribution in [3.63, 3.8) is 0 Å². The first-order valence-electron chi connectivity index (χ1n) is 8.29. The number of hydrogen-bond donors (Lipinski definition) is 0. The van der Waals surface area contributed by atoms with E-state index in [1.807, 2.05) is 43.3 Å². The van der Waals surface area contributed by atoms with E-state index < -0.39 is 0 Å². The van der Waals surface area contributed by atoms with Gasteiger partial charge in [-0.05, 0) is 30.2 Å². The molecule has 1 heterocycles. The minimum atomic E-state index is -0.0656. The van der Waals surface area contributed by atoms with E-state index in [0.717, 1.165) is 16.1 Å². The van der Waals surface area contributed by atoms with E-state index in [1.54, 1.807) is 22.4 Å². The second kappa shape index (κ2) is 8.67. The molecule has 0 unspecified atom stereocenters. The zero-order valence-corrected chi connectivity index (χ0v) is 16.6. The van der Waals surface area contributed by atoms with Crippen molar-refractivity contribution >= 4 is 40.4 Å². The van der Waals surface area contributed by atoms with Gasteiger partial charge in [-0.25, -0.2) is 4.98 Å². The second-order valence-electron chi connectivity index (χ2n) is 5.81. The van der Waals surface area contributed by atoms with Crippen LogP contribution in [-0.4, -0.2) is 22.3 Å². The standard InChI is InChI=1S/C20H18Cl2N2OS/c1-2-24(12-14-7-4-3-5-8-14)20(25)18-13-26-19(23-18)11-15-16(21)9-6-10-17(15)22/h3-10,13H,2,11-12H2,1H3. The molecule has 3 rings (SSSR count). The van der Waals surface area contributed by atoms with Crippen LogP contribution >= 0.6 is 34.5 Å². The van der Waals surface area contributed by atoms with Gasteiger partial charge >= 0.3 is 0 Å². The highest BCUT2D eigenvalue weighted by Crippen LogP contribution is 2.28. The number of nitrogens with zero attached hydrogens (tertiary/aromatic N) is 2. The summed E-state index contributed by atoms with van der Waals surface area (Å²) in [6, 6.07) is 15.4. The number of thiazole rings is 1. The van der Waals surface area contributed by atoms with Crippen molar-refractivity contribution in [2.45, 2.75) is 19.9 Å². The molecule has 0 aliphatic rings. The van der Waals surface area contributed by atoms with Crippen LogP contribution in [0.2, 0.25) is 10.0 Å². The maximum Gasteiger partial charge on any atom is 0.273 e. The number of rotatable bonds is 6. The second-order valence-corrected chi connectivity index (χ2v) is 7.57. The minimum absolute atomic E-state index is 0.0656. The summed E-state index contributed by atoms with van der Waals surface area (Å²) in [5.74, 6) is -0.0656. The highest BCUT2D eigenvalue weighted by Gasteiger charge is 2.18. The monoisotopic (exact) mass is 404 g/mol. The third-order valence-electron chi connectivity index (χ3n) is 4.05. The first-order chi connectivity index (χ1) is 12.6. The Morgan fingerprint density at radius 1 is 1.08 bits per heavy atom. The van der Waals surface area contributed by atoms with Crippen molar-refractivity contribution in [2.24, 2.45) is 0 Å². The third kappa shape index (κ3) is 4.44. The lowest BCUT2D eigenvalue weighted by Crippen LogP contribution is -2.30. The molecule has 0 spiro atoms. The molecule has 0 bridgehead atoms. The fourth-order valence-electron chi connectivity index (χ4n) is 2.64. The van der Waals surface area contributed by atoms with E-state index >= 15 is 0 Å². The molecule has 0 radical (unpaired) electrons. The van der Waals surface area contributed by atoms with E-state index in [4.69, 9.17) is 23.2 Å². The quantitative estimate of drug-likeness (QED) is 0.527. The molecule has 0 aliphatic heterocycles. The molecule has 0 aliphatic carbocycles. The number of hydrogen-bond acceptors (Lipinski definition) is 3. The Kier molecular flexibility index (Phi) is 6.30. The molecule has 0 saturated carbocycles. The Bertz CT molecular complexity index is 876. The maximum atomic E-state index is 12.8. The summed E-state index contributed by atoms with van der Waals surface area (Å²) in [5, 5.41) is 3.84. The van der Waals surface area contributed by atoms with Crippen molar-refractivity contribution in [3.05, 3.63) is 85.8 Å². The molecule has 0 N–H and O–H groups in total. The number of aromatic nitrogens is 1. The zero-order chi connectivity index (χ0) is 18.5. The molecule has 0 saturated heterocycles. The van der Waals surface area contributed by atoms with Gasteiger partial charge in [0.2, 0.25) is 0 Å². The number of benzene rings is 2. The Labute approximate surface area is 167 Å². The summed E-state index contributed by atoms with van der Waals surface area (Å²) in [6.45, 7) is 3.16. The molecule has 0 atom stereocenters. The van der Waals surface area contributed by atoms with Crippen molar-refractivity contribution in [2.75, 3.05) is 6.54 Å². The molecule has 2 aromatic carbocycles. The topological polar surface area (TPSA) is 33.2 Å². The Hall–Kier alpha value is -1.88. The molecular weight excluding hydrogens is 387 g/mol. The van der Waals surface area contributed by atoms with Gasteiger partial charge in [-0.3, -0.25) is 4.79 Å². The lowest BCUT2D eigenvalue weighted by molar-refractivity contribution is 0.0747. The molecule has 3 nitrogen and oxygen atoms in total. The minimum Gasteiger partial charge on any atom is -0.333 e. The summed E-state index contributed by atoms with van der Waals surface area (Å²) in [7, 11) is 0. The van der Waals surface area contributed by atoms with E-state index in [-0.39, 0.29) is 5.91 Å². The Morgan fingerprint density at radius 3 is 2.42 bits per heavy atom. The van der Waals surface area contributed by atoms with Gasteiger partial charge in [0.1, 0.15) is 5.69 Å². The van der Waals surface area contributed by atoms with Crippen LogP contribution in [-0.2, 0) is 13.0 Å². The fraction of sp³-hybridized carbons (Fsp3) is 0.200. The van der Waals surface area contributed by atoms with Crippen LogP contribution in [0.5, 0.6) is 0 Å². The van der Waals surface area contributed by atoms with Crippen molar-refractivity contribution in [1.82, 2.24) is 9.88 Å². The summed E-state index contributed by atoms with van der Waals surface area (Å²) in [4.78, 5) is 19.1. The normalized spacial score (nSPS) is 10.7. The van der Waals surface area contributed by atoms with Crippen molar-refractivity contribution in [3.8, 4) is 0 Å². The van der Waals surface area contributed by atoms with Gasteiger partial charge in [-0.15, -0.1) is 11.3 Å². The average molecular weight is 405 g/mol. The molecule has 0 fully saturated rings. The van der Waals surface area contributed by atoms with Crippen LogP contribution in [0.15, 0.2) is 53.9 Å². The van der Waals surface area contributed by atoms with Crippen LogP contribution in [0.25, 0.3) is 0 Å². The first-order valence-corrected chi connectivity index (χ1v) is 9.92. The lowest BCUT2D eigenvalue weighted by atomic mass is 10.1. The van der Waals surface area contributed by atoms with E-state index in [9.17, 15) is 4.79 Å².